The Labute approximate surface area is 81.6 Å². The first-order valence-electron chi connectivity index (χ1n) is 4.24. The molecule has 1 aromatic carbocycles. The maximum atomic E-state index is 11.0. The van der Waals surface area contributed by atoms with Crippen LogP contribution in [0.2, 0.25) is 0 Å². The molecule has 2 rings (SSSR count). The van der Waals surface area contributed by atoms with E-state index in [1.54, 1.807) is 12.1 Å². The second kappa shape index (κ2) is 3.38. The molecule has 1 saturated carbocycles. The zero-order valence-corrected chi connectivity index (χ0v) is 7.75. The molecule has 13 heavy (non-hydrogen) atoms. The van der Waals surface area contributed by atoms with Crippen molar-refractivity contribution in [1.82, 2.24) is 0 Å². The van der Waals surface area contributed by atoms with Crippen LogP contribution >= 0.6 is 11.9 Å². The molecule has 0 aromatic heterocycles. The Bertz CT molecular complexity index is 314. The summed E-state index contributed by atoms with van der Waals surface area (Å²) < 4.78 is 4.09. The van der Waals surface area contributed by atoms with E-state index in [1.807, 2.05) is 12.1 Å². The third kappa shape index (κ3) is 1.83. The summed E-state index contributed by atoms with van der Waals surface area (Å²) in [7, 11) is 0. The SMILES string of the molecule is O=C(OCl)c1ccc(C2CC2)cc1. The predicted molar refractivity (Wildman–Crippen MR) is 49.7 cm³/mol. The Morgan fingerprint density at radius 1 is 1.31 bits per heavy atom. The molecule has 1 aromatic rings. The van der Waals surface area contributed by atoms with Gasteiger partial charge in [-0.25, -0.2) is 4.79 Å². The van der Waals surface area contributed by atoms with Gasteiger partial charge in [0.25, 0.3) is 0 Å². The van der Waals surface area contributed by atoms with E-state index in [2.05, 4.69) is 4.29 Å². The van der Waals surface area contributed by atoms with Gasteiger partial charge in [0, 0.05) is 0 Å². The summed E-state index contributed by atoms with van der Waals surface area (Å²) in [4.78, 5) is 11.0. The van der Waals surface area contributed by atoms with Gasteiger partial charge in [-0.1, -0.05) is 12.1 Å². The van der Waals surface area contributed by atoms with E-state index in [0.29, 0.717) is 11.5 Å². The van der Waals surface area contributed by atoms with Gasteiger partial charge in [0.15, 0.2) is 0 Å². The maximum absolute atomic E-state index is 11.0. The van der Waals surface area contributed by atoms with Gasteiger partial charge in [-0.15, -0.1) is 0 Å². The first-order valence-corrected chi connectivity index (χ1v) is 4.55. The van der Waals surface area contributed by atoms with Crippen LogP contribution in [0.25, 0.3) is 0 Å². The molecule has 68 valence electrons. The predicted octanol–water partition coefficient (Wildman–Crippen LogP) is 2.87. The highest BCUT2D eigenvalue weighted by Gasteiger charge is 2.23. The summed E-state index contributed by atoms with van der Waals surface area (Å²) in [5.74, 6) is 0.213. The second-order valence-electron chi connectivity index (χ2n) is 3.26. The van der Waals surface area contributed by atoms with Gasteiger partial charge in [0.2, 0.25) is 0 Å². The number of rotatable bonds is 2. The normalized spacial score (nSPS) is 15.5. The van der Waals surface area contributed by atoms with Gasteiger partial charge in [0.05, 0.1) is 5.56 Å². The molecule has 0 bridgehead atoms. The van der Waals surface area contributed by atoms with Crippen LogP contribution in [0, 0.1) is 0 Å². The average molecular weight is 197 g/mol. The minimum absolute atomic E-state index is 0.496. The molecule has 0 spiro atoms. The van der Waals surface area contributed by atoms with E-state index in [0.717, 1.165) is 0 Å². The van der Waals surface area contributed by atoms with Crippen molar-refractivity contribution in [2.75, 3.05) is 0 Å². The highest BCUT2D eigenvalue weighted by molar-refractivity contribution is 6.15. The molecule has 3 heteroatoms. The largest absolute Gasteiger partial charge is 0.356 e. The fraction of sp³-hybridized carbons (Fsp3) is 0.300. The van der Waals surface area contributed by atoms with Gasteiger partial charge in [0.1, 0.15) is 11.9 Å². The van der Waals surface area contributed by atoms with Gasteiger partial charge < -0.3 is 4.29 Å². The van der Waals surface area contributed by atoms with E-state index in [9.17, 15) is 4.79 Å². The van der Waals surface area contributed by atoms with Crippen LogP contribution in [0.4, 0.5) is 0 Å². The van der Waals surface area contributed by atoms with Crippen LogP contribution < -0.4 is 0 Å². The third-order valence-electron chi connectivity index (χ3n) is 2.27. The molecule has 0 amide bonds. The van der Waals surface area contributed by atoms with Gasteiger partial charge >= 0.3 is 5.97 Å². The average Bonchev–Trinajstić information content (AvgIpc) is 3.00. The van der Waals surface area contributed by atoms with Crippen molar-refractivity contribution < 1.29 is 9.08 Å². The van der Waals surface area contributed by atoms with E-state index < -0.39 is 5.97 Å². The molecule has 0 saturated heterocycles. The Hall–Kier alpha value is -1.02. The molecular weight excluding hydrogens is 188 g/mol. The van der Waals surface area contributed by atoms with Crippen molar-refractivity contribution in [1.29, 1.82) is 0 Å². The van der Waals surface area contributed by atoms with Crippen molar-refractivity contribution in [2.45, 2.75) is 18.8 Å². The molecule has 0 heterocycles. The molecule has 1 aliphatic rings. The molecule has 1 fully saturated rings. The van der Waals surface area contributed by atoms with Crippen molar-refractivity contribution in [3.8, 4) is 0 Å². The number of benzene rings is 1. The summed E-state index contributed by atoms with van der Waals surface area (Å²) in [5, 5.41) is 0. The molecular formula is C10H9ClO2. The van der Waals surface area contributed by atoms with Gasteiger partial charge in [-0.2, -0.15) is 0 Å². The lowest BCUT2D eigenvalue weighted by Crippen LogP contribution is -1.97. The lowest BCUT2D eigenvalue weighted by Gasteiger charge is -1.99. The number of halogens is 1. The Kier molecular flexibility index (Phi) is 2.23. The van der Waals surface area contributed by atoms with E-state index in [1.165, 1.54) is 18.4 Å². The fourth-order valence-corrected chi connectivity index (χ4v) is 1.44. The van der Waals surface area contributed by atoms with E-state index >= 15 is 0 Å². The van der Waals surface area contributed by atoms with E-state index in [4.69, 9.17) is 11.9 Å². The highest BCUT2D eigenvalue weighted by atomic mass is 35.5. The number of hydrogen-bond acceptors (Lipinski definition) is 2. The summed E-state index contributed by atoms with van der Waals surface area (Å²) in [6.45, 7) is 0. The molecule has 0 aliphatic heterocycles. The van der Waals surface area contributed by atoms with Gasteiger partial charge in [-0.3, -0.25) is 0 Å². The summed E-state index contributed by atoms with van der Waals surface area (Å²) in [6.07, 6.45) is 2.53. The first-order chi connectivity index (χ1) is 6.31. The zero-order chi connectivity index (χ0) is 9.26. The molecule has 2 nitrogen and oxygen atoms in total. The Balaban J connectivity index is 2.17. The molecule has 0 N–H and O–H groups in total. The van der Waals surface area contributed by atoms with Crippen LogP contribution in [-0.2, 0) is 4.29 Å². The van der Waals surface area contributed by atoms with Crippen LogP contribution in [0.15, 0.2) is 24.3 Å². The Morgan fingerprint density at radius 2 is 1.92 bits per heavy atom. The van der Waals surface area contributed by atoms with Crippen molar-refractivity contribution in [3.63, 3.8) is 0 Å². The topological polar surface area (TPSA) is 26.3 Å². The van der Waals surface area contributed by atoms with Crippen LogP contribution in [0.3, 0.4) is 0 Å². The van der Waals surface area contributed by atoms with Crippen molar-refractivity contribution >= 4 is 17.8 Å². The van der Waals surface area contributed by atoms with Gasteiger partial charge in [-0.05, 0) is 36.5 Å². The van der Waals surface area contributed by atoms with Crippen molar-refractivity contribution in [3.05, 3.63) is 35.4 Å². The molecule has 0 radical (unpaired) electrons. The lowest BCUT2D eigenvalue weighted by atomic mass is 10.1. The summed E-state index contributed by atoms with van der Waals surface area (Å²) in [5.41, 5.74) is 1.80. The minimum atomic E-state index is -0.496. The number of carbonyl (C=O) groups excluding carboxylic acids is 1. The summed E-state index contributed by atoms with van der Waals surface area (Å²) >= 11 is 4.95. The van der Waals surface area contributed by atoms with Crippen molar-refractivity contribution in [2.24, 2.45) is 0 Å². The quantitative estimate of drug-likeness (QED) is 0.727. The summed E-state index contributed by atoms with van der Waals surface area (Å²) in [6, 6.07) is 7.42. The monoisotopic (exact) mass is 196 g/mol. The second-order valence-corrected chi connectivity index (χ2v) is 3.42. The standard InChI is InChI=1S/C10H9ClO2/c11-13-10(12)9-5-3-8(4-6-9)7-1-2-7/h3-7H,1-2H2. The minimum Gasteiger partial charge on any atom is -0.343 e. The molecule has 0 unspecified atom stereocenters. The Morgan fingerprint density at radius 3 is 2.38 bits per heavy atom. The number of hydrogen-bond donors (Lipinski definition) is 0. The first kappa shape index (κ1) is 8.57. The molecule has 0 atom stereocenters. The number of carbonyl (C=O) groups is 1. The highest BCUT2D eigenvalue weighted by Crippen LogP contribution is 2.39. The zero-order valence-electron chi connectivity index (χ0n) is 7.00. The fourth-order valence-electron chi connectivity index (χ4n) is 1.35. The van der Waals surface area contributed by atoms with Crippen LogP contribution in [0.1, 0.15) is 34.7 Å². The third-order valence-corrected chi connectivity index (χ3v) is 2.41. The van der Waals surface area contributed by atoms with Crippen LogP contribution in [-0.4, -0.2) is 5.97 Å². The molecule has 1 aliphatic carbocycles. The smallest absolute Gasteiger partial charge is 0.343 e. The van der Waals surface area contributed by atoms with E-state index in [-0.39, 0.29) is 0 Å². The van der Waals surface area contributed by atoms with Crippen LogP contribution in [0.5, 0.6) is 0 Å². The lowest BCUT2D eigenvalue weighted by molar-refractivity contribution is 0.0751. The maximum Gasteiger partial charge on any atom is 0.356 e.